The van der Waals surface area contributed by atoms with Crippen molar-refractivity contribution in [3.05, 3.63) is 35.4 Å². The molecule has 0 saturated carbocycles. The Morgan fingerprint density at radius 1 is 1.44 bits per heavy atom. The van der Waals surface area contributed by atoms with Gasteiger partial charge in [0.15, 0.2) is 16.8 Å². The first-order valence-corrected chi connectivity index (χ1v) is 6.00. The van der Waals surface area contributed by atoms with Gasteiger partial charge >= 0.3 is 6.18 Å². The SMILES string of the molecule is Cc1ccccc1C(=NOCS(=O)O)C(F)(F)F. The fourth-order valence-corrected chi connectivity index (χ4v) is 1.37. The third kappa shape index (κ3) is 4.11. The summed E-state index contributed by atoms with van der Waals surface area (Å²) in [5, 5.41) is 2.90. The quantitative estimate of drug-likeness (QED) is 0.524. The molecule has 0 saturated heterocycles. The van der Waals surface area contributed by atoms with Crippen LogP contribution in [0, 0.1) is 6.92 Å². The van der Waals surface area contributed by atoms with Gasteiger partial charge in [-0.05, 0) is 12.5 Å². The Labute approximate surface area is 104 Å². The Balaban J connectivity index is 3.07. The van der Waals surface area contributed by atoms with Crippen molar-refractivity contribution < 1.29 is 26.8 Å². The van der Waals surface area contributed by atoms with Gasteiger partial charge in [0, 0.05) is 5.56 Å². The van der Waals surface area contributed by atoms with Crippen molar-refractivity contribution in [3.8, 4) is 0 Å². The van der Waals surface area contributed by atoms with Gasteiger partial charge in [0.2, 0.25) is 5.94 Å². The molecule has 1 unspecified atom stereocenters. The highest BCUT2D eigenvalue weighted by atomic mass is 32.2. The maximum atomic E-state index is 12.8. The second-order valence-corrected chi connectivity index (χ2v) is 4.20. The van der Waals surface area contributed by atoms with Gasteiger partial charge in [-0.15, -0.1) is 0 Å². The second kappa shape index (κ2) is 5.96. The summed E-state index contributed by atoms with van der Waals surface area (Å²) in [7, 11) is 0. The third-order valence-electron chi connectivity index (χ3n) is 1.98. The van der Waals surface area contributed by atoms with E-state index in [0.717, 1.165) is 0 Å². The van der Waals surface area contributed by atoms with Crippen LogP contribution in [0.5, 0.6) is 0 Å². The second-order valence-electron chi connectivity index (χ2n) is 3.32. The smallest absolute Gasteiger partial charge is 0.379 e. The van der Waals surface area contributed by atoms with Crippen LogP contribution in [0.2, 0.25) is 0 Å². The van der Waals surface area contributed by atoms with Crippen LogP contribution in [0.25, 0.3) is 0 Å². The van der Waals surface area contributed by atoms with Crippen molar-refractivity contribution in [1.29, 1.82) is 0 Å². The highest BCUT2D eigenvalue weighted by Crippen LogP contribution is 2.24. The molecule has 0 aliphatic rings. The van der Waals surface area contributed by atoms with Crippen molar-refractivity contribution >= 4 is 16.8 Å². The number of aryl methyl sites for hydroxylation is 1. The van der Waals surface area contributed by atoms with Gasteiger partial charge in [-0.25, -0.2) is 4.21 Å². The molecule has 0 radical (unpaired) electrons. The number of alkyl halides is 3. The van der Waals surface area contributed by atoms with Gasteiger partial charge in [0.1, 0.15) is 0 Å². The molecule has 0 spiro atoms. The van der Waals surface area contributed by atoms with Crippen molar-refractivity contribution in [2.24, 2.45) is 5.16 Å². The zero-order valence-electron chi connectivity index (χ0n) is 9.27. The summed E-state index contributed by atoms with van der Waals surface area (Å²) in [5.74, 6) is -0.814. The van der Waals surface area contributed by atoms with Crippen molar-refractivity contribution in [2.45, 2.75) is 13.1 Å². The van der Waals surface area contributed by atoms with E-state index in [9.17, 15) is 17.4 Å². The Morgan fingerprint density at radius 3 is 2.56 bits per heavy atom. The third-order valence-corrected chi connectivity index (χ3v) is 2.29. The molecule has 1 aromatic carbocycles. The number of nitrogens with zero attached hydrogens (tertiary/aromatic N) is 1. The van der Waals surface area contributed by atoms with Crippen LogP contribution in [0.4, 0.5) is 13.2 Å². The van der Waals surface area contributed by atoms with Gasteiger partial charge in [-0.2, -0.15) is 13.2 Å². The molecule has 0 aromatic heterocycles. The van der Waals surface area contributed by atoms with Gasteiger partial charge in [-0.3, -0.25) is 0 Å². The first-order chi connectivity index (χ1) is 8.32. The number of halogens is 3. The maximum Gasteiger partial charge on any atom is 0.437 e. The fourth-order valence-electron chi connectivity index (χ4n) is 1.23. The van der Waals surface area contributed by atoms with E-state index in [2.05, 4.69) is 9.99 Å². The molecule has 1 aromatic rings. The summed E-state index contributed by atoms with van der Waals surface area (Å²) in [6.45, 7) is 1.50. The van der Waals surface area contributed by atoms with Crippen LogP contribution in [0.3, 0.4) is 0 Å². The minimum atomic E-state index is -4.71. The lowest BCUT2D eigenvalue weighted by atomic mass is 10.0. The minimum absolute atomic E-state index is 0.131. The van der Waals surface area contributed by atoms with Crippen LogP contribution in [0.1, 0.15) is 11.1 Å². The monoisotopic (exact) mass is 281 g/mol. The van der Waals surface area contributed by atoms with Crippen LogP contribution in [-0.2, 0) is 15.9 Å². The number of oxime groups is 1. The van der Waals surface area contributed by atoms with Gasteiger partial charge in [0.05, 0.1) is 0 Å². The molecule has 0 fully saturated rings. The van der Waals surface area contributed by atoms with Gasteiger partial charge < -0.3 is 9.39 Å². The standard InChI is InChI=1S/C10H10F3NO3S/c1-7-4-2-3-5-8(7)9(10(11,12)13)14-17-6-18(15)16/h2-5H,6H2,1H3,(H,15,16). The van der Waals surface area contributed by atoms with Crippen LogP contribution in [0.15, 0.2) is 29.4 Å². The first kappa shape index (κ1) is 14.7. The molecule has 0 amide bonds. The van der Waals surface area contributed by atoms with Gasteiger partial charge in [0.25, 0.3) is 0 Å². The van der Waals surface area contributed by atoms with E-state index in [4.69, 9.17) is 4.55 Å². The van der Waals surface area contributed by atoms with Crippen molar-refractivity contribution in [2.75, 3.05) is 5.94 Å². The Hall–Kier alpha value is -1.41. The van der Waals surface area contributed by atoms with E-state index in [1.165, 1.54) is 25.1 Å². The average molecular weight is 281 g/mol. The molecule has 0 bridgehead atoms. The van der Waals surface area contributed by atoms with Crippen LogP contribution in [-0.4, -0.2) is 26.6 Å². The van der Waals surface area contributed by atoms with Crippen molar-refractivity contribution in [1.82, 2.24) is 0 Å². The largest absolute Gasteiger partial charge is 0.437 e. The summed E-state index contributed by atoms with van der Waals surface area (Å²) < 4.78 is 56.9. The van der Waals surface area contributed by atoms with E-state index >= 15 is 0 Å². The molecule has 100 valence electrons. The lowest BCUT2D eigenvalue weighted by Crippen LogP contribution is -2.25. The molecule has 0 heterocycles. The lowest BCUT2D eigenvalue weighted by molar-refractivity contribution is -0.0610. The molecular formula is C10H10F3NO3S. The zero-order chi connectivity index (χ0) is 13.8. The molecule has 1 N–H and O–H groups in total. The predicted octanol–water partition coefficient (Wildman–Crippen LogP) is 2.46. The Kier molecular flexibility index (Phi) is 4.85. The molecule has 1 atom stereocenters. The summed E-state index contributed by atoms with van der Waals surface area (Å²) in [6, 6.07) is 5.78. The Bertz CT molecular complexity index is 474. The molecule has 0 aliphatic heterocycles. The number of rotatable bonds is 4. The summed E-state index contributed by atoms with van der Waals surface area (Å²) in [6.07, 6.45) is -4.71. The van der Waals surface area contributed by atoms with Crippen LogP contribution >= 0.6 is 0 Å². The predicted molar refractivity (Wildman–Crippen MR) is 60.5 cm³/mol. The maximum absolute atomic E-state index is 12.8. The van der Waals surface area contributed by atoms with E-state index in [1.807, 2.05) is 0 Å². The number of hydrogen-bond acceptors (Lipinski definition) is 3. The van der Waals surface area contributed by atoms with E-state index in [1.54, 1.807) is 6.07 Å². The number of benzene rings is 1. The first-order valence-electron chi connectivity index (χ1n) is 4.73. The normalized spacial score (nSPS) is 14.4. The summed E-state index contributed by atoms with van der Waals surface area (Å²) >= 11 is -2.37. The Morgan fingerprint density at radius 2 is 2.06 bits per heavy atom. The average Bonchev–Trinajstić information content (AvgIpc) is 2.24. The topological polar surface area (TPSA) is 58.9 Å². The van der Waals surface area contributed by atoms with E-state index in [-0.39, 0.29) is 5.56 Å². The molecule has 18 heavy (non-hydrogen) atoms. The molecule has 0 aliphatic carbocycles. The summed E-state index contributed by atoms with van der Waals surface area (Å²) in [5.41, 5.74) is -0.984. The zero-order valence-corrected chi connectivity index (χ0v) is 10.1. The highest BCUT2D eigenvalue weighted by Gasteiger charge is 2.38. The lowest BCUT2D eigenvalue weighted by Gasteiger charge is -2.12. The molecule has 4 nitrogen and oxygen atoms in total. The van der Waals surface area contributed by atoms with Crippen molar-refractivity contribution in [3.63, 3.8) is 0 Å². The number of hydrogen-bond donors (Lipinski definition) is 1. The molecule has 8 heteroatoms. The van der Waals surface area contributed by atoms with E-state index in [0.29, 0.717) is 5.56 Å². The van der Waals surface area contributed by atoms with E-state index < -0.39 is 28.9 Å². The highest BCUT2D eigenvalue weighted by molar-refractivity contribution is 7.79. The minimum Gasteiger partial charge on any atom is -0.379 e. The van der Waals surface area contributed by atoms with Crippen LogP contribution < -0.4 is 0 Å². The summed E-state index contributed by atoms with van der Waals surface area (Å²) in [4.78, 5) is 4.21. The van der Waals surface area contributed by atoms with Gasteiger partial charge in [-0.1, -0.05) is 29.4 Å². The fraction of sp³-hybridized carbons (Fsp3) is 0.300. The molecule has 1 rings (SSSR count). The molecular weight excluding hydrogens is 271 g/mol.